The quantitative estimate of drug-likeness (QED) is 0.846. The van der Waals surface area contributed by atoms with Crippen LogP contribution in [0.15, 0.2) is 0 Å². The summed E-state index contributed by atoms with van der Waals surface area (Å²) in [6.07, 6.45) is 0. The van der Waals surface area contributed by atoms with E-state index in [4.69, 9.17) is 11.6 Å². The molecule has 2 rings (SSSR count). The van der Waals surface area contributed by atoms with Crippen LogP contribution in [0.1, 0.15) is 18.3 Å². The third-order valence-corrected chi connectivity index (χ3v) is 3.58. The standard InChI is InChI=1S/C11H19ClN4/c1-8-6-16(5-4-13-8)7-10-11(12)9(2)14-15(10)3/h8,13H,4-7H2,1-3H3/t8-/m0/s1. The molecule has 90 valence electrons. The van der Waals surface area contributed by atoms with E-state index in [2.05, 4.69) is 22.2 Å². The maximum absolute atomic E-state index is 6.24. The molecule has 4 nitrogen and oxygen atoms in total. The fourth-order valence-electron chi connectivity index (χ4n) is 2.22. The van der Waals surface area contributed by atoms with Crippen molar-refractivity contribution in [2.75, 3.05) is 19.6 Å². The topological polar surface area (TPSA) is 33.1 Å². The molecule has 5 heteroatoms. The monoisotopic (exact) mass is 242 g/mol. The van der Waals surface area contributed by atoms with Gasteiger partial charge in [-0.25, -0.2) is 0 Å². The van der Waals surface area contributed by atoms with Crippen molar-refractivity contribution in [1.29, 1.82) is 0 Å². The SMILES string of the molecule is Cc1nn(C)c(CN2CCN[C@@H](C)C2)c1Cl. The van der Waals surface area contributed by atoms with E-state index in [1.54, 1.807) is 0 Å². The fraction of sp³-hybridized carbons (Fsp3) is 0.727. The van der Waals surface area contributed by atoms with E-state index in [0.29, 0.717) is 6.04 Å². The molecule has 0 amide bonds. The highest BCUT2D eigenvalue weighted by Gasteiger charge is 2.19. The minimum absolute atomic E-state index is 0.557. The first-order chi connectivity index (χ1) is 7.58. The van der Waals surface area contributed by atoms with Crippen LogP contribution in [0, 0.1) is 6.92 Å². The van der Waals surface area contributed by atoms with Crippen LogP contribution >= 0.6 is 11.6 Å². The minimum Gasteiger partial charge on any atom is -0.312 e. The summed E-state index contributed by atoms with van der Waals surface area (Å²) in [6, 6.07) is 0.557. The maximum atomic E-state index is 6.24. The van der Waals surface area contributed by atoms with Gasteiger partial charge in [-0.15, -0.1) is 0 Å². The Balaban J connectivity index is 2.08. The summed E-state index contributed by atoms with van der Waals surface area (Å²) >= 11 is 6.24. The molecule has 0 aliphatic carbocycles. The van der Waals surface area contributed by atoms with E-state index in [9.17, 15) is 0 Å². The fourth-order valence-corrected chi connectivity index (χ4v) is 2.44. The first-order valence-electron chi connectivity index (χ1n) is 5.71. The zero-order valence-electron chi connectivity index (χ0n) is 10.1. The lowest BCUT2D eigenvalue weighted by Gasteiger charge is -2.31. The molecule has 1 atom stereocenters. The highest BCUT2D eigenvalue weighted by Crippen LogP contribution is 2.21. The summed E-state index contributed by atoms with van der Waals surface area (Å²) in [4.78, 5) is 2.42. The number of hydrogen-bond acceptors (Lipinski definition) is 3. The highest BCUT2D eigenvalue weighted by atomic mass is 35.5. The minimum atomic E-state index is 0.557. The van der Waals surface area contributed by atoms with Crippen LogP contribution in [-0.2, 0) is 13.6 Å². The van der Waals surface area contributed by atoms with Crippen LogP contribution in [-0.4, -0.2) is 40.4 Å². The molecule has 1 N–H and O–H groups in total. The molecule has 1 aromatic rings. The van der Waals surface area contributed by atoms with Gasteiger partial charge in [-0.05, 0) is 13.8 Å². The molecule has 1 aliphatic rings. The summed E-state index contributed by atoms with van der Waals surface area (Å²) in [7, 11) is 1.96. The normalized spacial score (nSPS) is 22.6. The Morgan fingerprint density at radius 2 is 2.31 bits per heavy atom. The Hall–Kier alpha value is -0.580. The molecule has 1 fully saturated rings. The summed E-state index contributed by atoms with van der Waals surface area (Å²) in [5.41, 5.74) is 2.04. The van der Waals surface area contributed by atoms with Gasteiger partial charge in [-0.3, -0.25) is 9.58 Å². The van der Waals surface area contributed by atoms with Crippen LogP contribution in [0.25, 0.3) is 0 Å². The molecule has 0 saturated carbocycles. The Morgan fingerprint density at radius 1 is 1.56 bits per heavy atom. The average molecular weight is 243 g/mol. The van der Waals surface area contributed by atoms with Crippen molar-refractivity contribution in [1.82, 2.24) is 20.0 Å². The number of rotatable bonds is 2. The number of aryl methyl sites for hydroxylation is 2. The number of hydrogen-bond donors (Lipinski definition) is 1. The first kappa shape index (κ1) is 11.9. The summed E-state index contributed by atoms with van der Waals surface area (Å²) in [5, 5.41) is 8.59. The van der Waals surface area contributed by atoms with E-state index in [1.165, 1.54) is 0 Å². The van der Waals surface area contributed by atoms with Gasteiger partial charge in [0.15, 0.2) is 0 Å². The Morgan fingerprint density at radius 3 is 2.88 bits per heavy atom. The molecule has 1 aromatic heterocycles. The van der Waals surface area contributed by atoms with Gasteiger partial charge in [-0.2, -0.15) is 5.10 Å². The average Bonchev–Trinajstić information content (AvgIpc) is 2.45. The predicted octanol–water partition coefficient (Wildman–Crippen LogP) is 1.18. The molecule has 1 aliphatic heterocycles. The molecule has 0 spiro atoms. The lowest BCUT2D eigenvalue weighted by Crippen LogP contribution is -2.48. The van der Waals surface area contributed by atoms with Gasteiger partial charge in [0.25, 0.3) is 0 Å². The molecule has 2 heterocycles. The van der Waals surface area contributed by atoms with Crippen LogP contribution in [0.5, 0.6) is 0 Å². The number of halogens is 1. The van der Waals surface area contributed by atoms with Crippen molar-refractivity contribution in [3.8, 4) is 0 Å². The Bertz CT molecular complexity index is 374. The van der Waals surface area contributed by atoms with Crippen molar-refractivity contribution in [3.63, 3.8) is 0 Å². The molecule has 0 radical (unpaired) electrons. The summed E-state index contributed by atoms with van der Waals surface area (Å²) in [5.74, 6) is 0. The smallest absolute Gasteiger partial charge is 0.0860 e. The summed E-state index contributed by atoms with van der Waals surface area (Å²) in [6.45, 7) is 8.25. The second-order valence-corrected chi connectivity index (χ2v) is 4.94. The van der Waals surface area contributed by atoms with E-state index in [-0.39, 0.29) is 0 Å². The number of nitrogens with one attached hydrogen (secondary N) is 1. The van der Waals surface area contributed by atoms with Crippen molar-refractivity contribution >= 4 is 11.6 Å². The molecule has 16 heavy (non-hydrogen) atoms. The van der Waals surface area contributed by atoms with Gasteiger partial charge >= 0.3 is 0 Å². The lowest BCUT2D eigenvalue weighted by molar-refractivity contribution is 0.195. The van der Waals surface area contributed by atoms with Crippen molar-refractivity contribution in [2.45, 2.75) is 26.4 Å². The van der Waals surface area contributed by atoms with Gasteiger partial charge in [-0.1, -0.05) is 11.6 Å². The van der Waals surface area contributed by atoms with E-state index < -0.39 is 0 Å². The van der Waals surface area contributed by atoms with E-state index in [0.717, 1.165) is 42.6 Å². The van der Waals surface area contributed by atoms with Gasteiger partial charge in [0.05, 0.1) is 16.4 Å². The Kier molecular flexibility index (Phi) is 3.52. The van der Waals surface area contributed by atoms with Crippen LogP contribution in [0.2, 0.25) is 5.02 Å². The lowest BCUT2D eigenvalue weighted by atomic mass is 10.2. The van der Waals surface area contributed by atoms with E-state index in [1.807, 2.05) is 18.7 Å². The molecule has 0 bridgehead atoms. The maximum Gasteiger partial charge on any atom is 0.0860 e. The van der Waals surface area contributed by atoms with Gasteiger partial charge in [0.1, 0.15) is 0 Å². The number of piperazine rings is 1. The Labute approximate surface area is 102 Å². The third-order valence-electron chi connectivity index (χ3n) is 3.09. The van der Waals surface area contributed by atoms with Crippen LogP contribution in [0.3, 0.4) is 0 Å². The van der Waals surface area contributed by atoms with Gasteiger partial charge < -0.3 is 5.32 Å². The highest BCUT2D eigenvalue weighted by molar-refractivity contribution is 6.31. The largest absolute Gasteiger partial charge is 0.312 e. The van der Waals surface area contributed by atoms with Crippen molar-refractivity contribution in [3.05, 3.63) is 16.4 Å². The van der Waals surface area contributed by atoms with Crippen LogP contribution in [0.4, 0.5) is 0 Å². The summed E-state index contributed by atoms with van der Waals surface area (Å²) < 4.78 is 1.89. The molecule has 1 saturated heterocycles. The van der Waals surface area contributed by atoms with Gasteiger partial charge in [0, 0.05) is 39.3 Å². The first-order valence-corrected chi connectivity index (χ1v) is 6.09. The number of nitrogens with zero attached hydrogens (tertiary/aromatic N) is 3. The predicted molar refractivity (Wildman–Crippen MR) is 65.7 cm³/mol. The molecular weight excluding hydrogens is 224 g/mol. The zero-order chi connectivity index (χ0) is 11.7. The second-order valence-electron chi connectivity index (χ2n) is 4.56. The number of aromatic nitrogens is 2. The van der Waals surface area contributed by atoms with Crippen molar-refractivity contribution in [2.24, 2.45) is 7.05 Å². The van der Waals surface area contributed by atoms with E-state index >= 15 is 0 Å². The second kappa shape index (κ2) is 4.73. The molecular formula is C11H19ClN4. The van der Waals surface area contributed by atoms with Crippen molar-refractivity contribution < 1.29 is 0 Å². The van der Waals surface area contributed by atoms with Gasteiger partial charge in [0.2, 0.25) is 0 Å². The molecule has 0 unspecified atom stereocenters. The molecule has 0 aromatic carbocycles. The third kappa shape index (κ3) is 2.39. The van der Waals surface area contributed by atoms with Crippen LogP contribution < -0.4 is 5.32 Å². The zero-order valence-corrected chi connectivity index (χ0v) is 10.9.